The molecule has 0 spiro atoms. The van der Waals surface area contributed by atoms with Crippen molar-refractivity contribution in [2.45, 2.75) is 13.0 Å². The fourth-order valence-corrected chi connectivity index (χ4v) is 4.21. The van der Waals surface area contributed by atoms with Gasteiger partial charge >= 0.3 is 0 Å². The molecule has 0 radical (unpaired) electrons. The van der Waals surface area contributed by atoms with Crippen molar-refractivity contribution >= 4 is 46.3 Å². The molecule has 4 rings (SSSR count). The molecule has 0 saturated heterocycles. The summed E-state index contributed by atoms with van der Waals surface area (Å²) < 4.78 is 0. The van der Waals surface area contributed by atoms with Crippen LogP contribution in [0.1, 0.15) is 27.0 Å². The van der Waals surface area contributed by atoms with Crippen LogP contribution in [-0.4, -0.2) is 44.8 Å². The number of hydrogen-bond donors (Lipinski definition) is 4. The molecule has 34 heavy (non-hydrogen) atoms. The van der Waals surface area contributed by atoms with Crippen LogP contribution in [0.5, 0.6) is 0 Å². The first kappa shape index (κ1) is 23.6. The van der Waals surface area contributed by atoms with Crippen molar-refractivity contribution in [3.63, 3.8) is 0 Å². The highest BCUT2D eigenvalue weighted by molar-refractivity contribution is 7.14. The molecule has 4 aromatic rings. The van der Waals surface area contributed by atoms with Crippen molar-refractivity contribution < 1.29 is 9.90 Å². The van der Waals surface area contributed by atoms with Gasteiger partial charge in [-0.15, -0.1) is 10.2 Å². The summed E-state index contributed by atoms with van der Waals surface area (Å²) in [6, 6.07) is 14.2. The minimum absolute atomic E-state index is 0.137. The highest BCUT2D eigenvalue weighted by atomic mass is 35.5. The summed E-state index contributed by atoms with van der Waals surface area (Å²) in [5, 5.41) is 29.1. The van der Waals surface area contributed by atoms with E-state index in [1.807, 2.05) is 37.3 Å². The normalized spacial score (nSPS) is 11.6. The van der Waals surface area contributed by atoms with E-state index in [1.165, 1.54) is 11.3 Å². The van der Waals surface area contributed by atoms with Crippen LogP contribution in [-0.2, 0) is 0 Å². The van der Waals surface area contributed by atoms with Crippen LogP contribution in [0, 0.1) is 6.92 Å². The van der Waals surface area contributed by atoms with E-state index in [-0.39, 0.29) is 12.5 Å². The number of nitrogens with one attached hydrogen (secondary N) is 3. The van der Waals surface area contributed by atoms with Crippen LogP contribution < -0.4 is 16.0 Å². The molecule has 0 saturated carbocycles. The second-order valence-electron chi connectivity index (χ2n) is 7.27. The quantitative estimate of drug-likeness (QED) is 0.286. The average Bonchev–Trinajstić information content (AvgIpc) is 3.28. The van der Waals surface area contributed by atoms with Crippen molar-refractivity contribution in [2.75, 3.05) is 24.3 Å². The van der Waals surface area contributed by atoms with Gasteiger partial charge in [0.2, 0.25) is 5.95 Å². The van der Waals surface area contributed by atoms with Crippen molar-refractivity contribution in [3.8, 4) is 10.6 Å². The number of anilines is 3. The summed E-state index contributed by atoms with van der Waals surface area (Å²) in [5.74, 6) is 0.526. The molecule has 0 fully saturated rings. The van der Waals surface area contributed by atoms with Gasteiger partial charge in [-0.1, -0.05) is 53.3 Å². The summed E-state index contributed by atoms with van der Waals surface area (Å²) in [7, 11) is 1.54. The third-order valence-electron chi connectivity index (χ3n) is 4.94. The molecule has 4 N–H and O–H groups in total. The lowest BCUT2D eigenvalue weighted by Gasteiger charge is -2.19. The third-order valence-corrected chi connectivity index (χ3v) is 6.12. The Morgan fingerprint density at radius 2 is 1.97 bits per heavy atom. The molecule has 0 aliphatic carbocycles. The zero-order valence-corrected chi connectivity index (χ0v) is 20.0. The smallest absolute Gasteiger partial charge is 0.252 e. The molecule has 11 heteroatoms. The SMILES string of the molecule is CNC(=O)c1ccc(Nc2ncc(-c3nnc(C)s3)c(N[C@H](CO)c3ccccc3)n2)cc1Cl. The molecule has 0 bridgehead atoms. The number of aromatic nitrogens is 4. The van der Waals surface area contributed by atoms with Gasteiger partial charge in [0.05, 0.1) is 28.8 Å². The van der Waals surface area contributed by atoms with E-state index in [2.05, 4.69) is 36.1 Å². The largest absolute Gasteiger partial charge is 0.394 e. The van der Waals surface area contributed by atoms with E-state index in [0.717, 1.165) is 10.6 Å². The topological polar surface area (TPSA) is 125 Å². The van der Waals surface area contributed by atoms with Crippen LogP contribution >= 0.6 is 22.9 Å². The van der Waals surface area contributed by atoms with E-state index in [0.29, 0.717) is 38.6 Å². The van der Waals surface area contributed by atoms with Crippen LogP contribution in [0.4, 0.5) is 17.5 Å². The number of aliphatic hydroxyl groups is 1. The van der Waals surface area contributed by atoms with E-state index < -0.39 is 6.04 Å². The lowest BCUT2D eigenvalue weighted by Crippen LogP contribution is -2.18. The van der Waals surface area contributed by atoms with E-state index in [1.54, 1.807) is 31.4 Å². The Bertz CT molecular complexity index is 1300. The summed E-state index contributed by atoms with van der Waals surface area (Å²) >= 11 is 7.69. The summed E-state index contributed by atoms with van der Waals surface area (Å²) in [6.45, 7) is 1.74. The monoisotopic (exact) mass is 495 g/mol. The molecule has 0 unspecified atom stereocenters. The zero-order valence-electron chi connectivity index (χ0n) is 18.4. The Hall–Kier alpha value is -3.60. The van der Waals surface area contributed by atoms with Gasteiger partial charge in [0.25, 0.3) is 5.91 Å². The molecule has 0 aliphatic heterocycles. The number of benzene rings is 2. The van der Waals surface area contributed by atoms with Gasteiger partial charge in [-0.3, -0.25) is 4.79 Å². The number of halogens is 1. The molecule has 2 aromatic heterocycles. The number of aliphatic hydroxyl groups excluding tert-OH is 1. The Labute approximate surface area is 205 Å². The second-order valence-corrected chi connectivity index (χ2v) is 8.86. The lowest BCUT2D eigenvalue weighted by molar-refractivity contribution is 0.0963. The van der Waals surface area contributed by atoms with Gasteiger partial charge in [0.1, 0.15) is 10.8 Å². The fourth-order valence-electron chi connectivity index (χ4n) is 3.24. The highest BCUT2D eigenvalue weighted by Gasteiger charge is 2.18. The molecule has 9 nitrogen and oxygen atoms in total. The minimum Gasteiger partial charge on any atom is -0.394 e. The fraction of sp³-hybridized carbons (Fsp3) is 0.174. The Balaban J connectivity index is 1.67. The molecule has 0 aliphatic rings. The predicted molar refractivity (Wildman–Crippen MR) is 134 cm³/mol. The van der Waals surface area contributed by atoms with Gasteiger partial charge in [0, 0.05) is 18.9 Å². The Kier molecular flexibility index (Phi) is 7.31. The van der Waals surface area contributed by atoms with Crippen molar-refractivity contribution in [2.24, 2.45) is 0 Å². The van der Waals surface area contributed by atoms with E-state index in [9.17, 15) is 9.90 Å². The predicted octanol–water partition coefficient (Wildman–Crippen LogP) is 4.21. The number of rotatable bonds is 8. The van der Waals surface area contributed by atoms with E-state index in [4.69, 9.17) is 11.6 Å². The molecular weight excluding hydrogens is 474 g/mol. The van der Waals surface area contributed by atoms with Gasteiger partial charge < -0.3 is 21.1 Å². The number of carbonyl (C=O) groups is 1. The van der Waals surface area contributed by atoms with Crippen LogP contribution in [0.25, 0.3) is 10.6 Å². The highest BCUT2D eigenvalue weighted by Crippen LogP contribution is 2.32. The second kappa shape index (κ2) is 10.6. The Morgan fingerprint density at radius 3 is 2.62 bits per heavy atom. The minimum atomic E-state index is -0.391. The average molecular weight is 496 g/mol. The maximum atomic E-state index is 11.9. The molecule has 174 valence electrons. The van der Waals surface area contributed by atoms with Gasteiger partial charge in [0.15, 0.2) is 5.01 Å². The van der Waals surface area contributed by atoms with Crippen molar-refractivity contribution in [1.82, 2.24) is 25.5 Å². The molecule has 2 heterocycles. The number of carbonyl (C=O) groups excluding carboxylic acids is 1. The summed E-state index contributed by atoms with van der Waals surface area (Å²) in [6.07, 6.45) is 1.65. The van der Waals surface area contributed by atoms with Crippen molar-refractivity contribution in [1.29, 1.82) is 0 Å². The van der Waals surface area contributed by atoms with Gasteiger partial charge in [-0.2, -0.15) is 4.98 Å². The van der Waals surface area contributed by atoms with Crippen LogP contribution in [0.3, 0.4) is 0 Å². The maximum absolute atomic E-state index is 11.9. The number of hydrogen-bond acceptors (Lipinski definition) is 9. The number of nitrogens with zero attached hydrogens (tertiary/aromatic N) is 4. The first-order valence-corrected chi connectivity index (χ1v) is 11.6. The standard InChI is InChI=1S/C23H22ClN7O2S/c1-13-30-31-22(34-13)17-11-26-23(27-15-8-9-16(18(24)10-15)21(33)25-2)29-20(17)28-19(12-32)14-6-4-3-5-7-14/h3-11,19,32H,12H2,1-2H3,(H,25,33)(H2,26,27,28,29)/t19-/m1/s1. The van der Waals surface area contributed by atoms with Crippen LogP contribution in [0.15, 0.2) is 54.7 Å². The molecular formula is C23H22ClN7O2S. The number of aryl methyl sites for hydroxylation is 1. The van der Waals surface area contributed by atoms with Crippen molar-refractivity contribution in [3.05, 3.63) is 75.9 Å². The lowest BCUT2D eigenvalue weighted by atomic mass is 10.1. The van der Waals surface area contributed by atoms with Gasteiger partial charge in [-0.05, 0) is 30.7 Å². The maximum Gasteiger partial charge on any atom is 0.252 e. The molecule has 2 aromatic carbocycles. The summed E-state index contributed by atoms with van der Waals surface area (Å²) in [5.41, 5.74) is 2.56. The van der Waals surface area contributed by atoms with E-state index >= 15 is 0 Å². The number of amides is 1. The third kappa shape index (κ3) is 5.30. The van der Waals surface area contributed by atoms with Crippen LogP contribution in [0.2, 0.25) is 5.02 Å². The Morgan fingerprint density at radius 1 is 1.18 bits per heavy atom. The van der Waals surface area contributed by atoms with Gasteiger partial charge in [-0.25, -0.2) is 4.98 Å². The zero-order chi connectivity index (χ0) is 24.1. The first-order valence-electron chi connectivity index (χ1n) is 10.4. The molecule has 1 amide bonds. The summed E-state index contributed by atoms with van der Waals surface area (Å²) in [4.78, 5) is 21.0. The first-order chi connectivity index (χ1) is 16.5. The molecule has 1 atom stereocenters.